The van der Waals surface area contributed by atoms with E-state index in [9.17, 15) is 10.1 Å². The predicted molar refractivity (Wildman–Crippen MR) is 81.7 cm³/mol. The van der Waals surface area contributed by atoms with E-state index >= 15 is 0 Å². The average molecular weight is 293 g/mol. The van der Waals surface area contributed by atoms with Crippen LogP contribution in [-0.4, -0.2) is 11.0 Å². The van der Waals surface area contributed by atoms with E-state index in [4.69, 9.17) is 10.6 Å². The van der Waals surface area contributed by atoms with Crippen LogP contribution in [0.1, 0.15) is 44.6 Å². The maximum atomic E-state index is 10.8. The van der Waals surface area contributed by atoms with Gasteiger partial charge in [-0.2, -0.15) is 0 Å². The highest BCUT2D eigenvalue weighted by Gasteiger charge is 2.21. The molecule has 1 aliphatic carbocycles. The van der Waals surface area contributed by atoms with E-state index in [1.54, 1.807) is 12.1 Å². The van der Waals surface area contributed by atoms with E-state index in [2.05, 4.69) is 12.3 Å². The van der Waals surface area contributed by atoms with E-state index in [0.29, 0.717) is 18.4 Å². The van der Waals surface area contributed by atoms with Crippen molar-refractivity contribution in [3.05, 3.63) is 33.9 Å². The van der Waals surface area contributed by atoms with Crippen molar-refractivity contribution in [3.63, 3.8) is 0 Å². The molecule has 1 aromatic carbocycles. The minimum absolute atomic E-state index is 0.0232. The van der Waals surface area contributed by atoms with Gasteiger partial charge in [-0.15, -0.1) is 0 Å². The lowest BCUT2D eigenvalue weighted by Gasteiger charge is -2.28. The number of benzene rings is 1. The molecule has 0 aromatic heterocycles. The first kappa shape index (κ1) is 15.7. The van der Waals surface area contributed by atoms with Crippen molar-refractivity contribution in [3.8, 4) is 0 Å². The predicted octanol–water partition coefficient (Wildman–Crippen LogP) is 3.37. The van der Waals surface area contributed by atoms with Crippen molar-refractivity contribution >= 4 is 11.4 Å². The zero-order valence-corrected chi connectivity index (χ0v) is 12.4. The Morgan fingerprint density at radius 3 is 2.95 bits per heavy atom. The molecule has 21 heavy (non-hydrogen) atoms. The molecule has 2 unspecified atom stereocenters. The summed E-state index contributed by atoms with van der Waals surface area (Å²) >= 11 is 0. The topological polar surface area (TPSA) is 90.4 Å². The molecule has 0 amide bonds. The Balaban J connectivity index is 1.95. The van der Waals surface area contributed by atoms with Gasteiger partial charge in [-0.1, -0.05) is 26.2 Å². The van der Waals surface area contributed by atoms with Crippen molar-refractivity contribution in [2.75, 3.05) is 5.43 Å². The molecule has 0 heterocycles. The molecule has 6 nitrogen and oxygen atoms in total. The number of nitro groups is 1. The normalized spacial score (nSPS) is 22.0. The number of ether oxygens (including phenoxy) is 1. The molecule has 0 spiro atoms. The molecule has 1 aliphatic rings. The molecule has 0 bridgehead atoms. The van der Waals surface area contributed by atoms with Crippen LogP contribution in [-0.2, 0) is 11.3 Å². The van der Waals surface area contributed by atoms with Gasteiger partial charge in [0.2, 0.25) is 0 Å². The average Bonchev–Trinajstić information content (AvgIpc) is 2.52. The van der Waals surface area contributed by atoms with Crippen LogP contribution in [0.2, 0.25) is 0 Å². The van der Waals surface area contributed by atoms with Gasteiger partial charge in [0.05, 0.1) is 17.6 Å². The molecule has 1 fully saturated rings. The summed E-state index contributed by atoms with van der Waals surface area (Å²) in [6.45, 7) is 2.69. The molecule has 116 valence electrons. The first-order chi connectivity index (χ1) is 10.1. The maximum absolute atomic E-state index is 10.8. The Hall–Kier alpha value is -1.66. The Morgan fingerprint density at radius 1 is 1.48 bits per heavy atom. The SMILES string of the molecule is CCC1CCCC(OCc2ccc([N+](=O)[O-])c(NN)c2)C1. The van der Waals surface area contributed by atoms with Gasteiger partial charge in [-0.05, 0) is 36.5 Å². The lowest BCUT2D eigenvalue weighted by molar-refractivity contribution is -0.384. The molecule has 0 aliphatic heterocycles. The van der Waals surface area contributed by atoms with Crippen LogP contribution in [0, 0.1) is 16.0 Å². The van der Waals surface area contributed by atoms with Gasteiger partial charge >= 0.3 is 0 Å². The van der Waals surface area contributed by atoms with Crippen molar-refractivity contribution in [1.29, 1.82) is 0 Å². The second-order valence-corrected chi connectivity index (χ2v) is 5.63. The summed E-state index contributed by atoms with van der Waals surface area (Å²) < 4.78 is 5.96. The lowest BCUT2D eigenvalue weighted by atomic mass is 9.85. The Labute approximate surface area is 124 Å². The minimum atomic E-state index is -0.452. The molecule has 6 heteroatoms. The van der Waals surface area contributed by atoms with Crippen molar-refractivity contribution < 1.29 is 9.66 Å². The fourth-order valence-electron chi connectivity index (χ4n) is 2.93. The number of hydrogen-bond acceptors (Lipinski definition) is 5. The smallest absolute Gasteiger partial charge is 0.293 e. The largest absolute Gasteiger partial charge is 0.374 e. The standard InChI is InChI=1S/C15H23N3O3/c1-2-11-4-3-5-13(8-11)21-10-12-6-7-15(18(19)20)14(9-12)17-16/h6-7,9,11,13,17H,2-5,8,10,16H2,1H3. The first-order valence-corrected chi connectivity index (χ1v) is 7.49. The Kier molecular flexibility index (Phi) is 5.52. The van der Waals surface area contributed by atoms with Gasteiger partial charge in [0.1, 0.15) is 5.69 Å². The number of hydrazine groups is 1. The summed E-state index contributed by atoms with van der Waals surface area (Å²) in [6, 6.07) is 4.86. The van der Waals surface area contributed by atoms with Gasteiger partial charge in [0.15, 0.2) is 0 Å². The van der Waals surface area contributed by atoms with Gasteiger partial charge in [-0.25, -0.2) is 0 Å². The molecule has 2 atom stereocenters. The zero-order valence-electron chi connectivity index (χ0n) is 12.4. The summed E-state index contributed by atoms with van der Waals surface area (Å²) in [7, 11) is 0. The first-order valence-electron chi connectivity index (χ1n) is 7.49. The van der Waals surface area contributed by atoms with Gasteiger partial charge in [0, 0.05) is 6.07 Å². The minimum Gasteiger partial charge on any atom is -0.374 e. The van der Waals surface area contributed by atoms with E-state index in [1.165, 1.54) is 25.3 Å². The summed E-state index contributed by atoms with van der Waals surface area (Å²) in [5.74, 6) is 6.10. The maximum Gasteiger partial charge on any atom is 0.293 e. The second-order valence-electron chi connectivity index (χ2n) is 5.63. The molecule has 0 radical (unpaired) electrons. The van der Waals surface area contributed by atoms with Crippen LogP contribution in [0.3, 0.4) is 0 Å². The van der Waals surface area contributed by atoms with Gasteiger partial charge in [0.25, 0.3) is 5.69 Å². The van der Waals surface area contributed by atoms with E-state index in [1.807, 2.05) is 0 Å². The molecule has 0 saturated heterocycles. The molecular formula is C15H23N3O3. The molecule has 2 rings (SSSR count). The van der Waals surface area contributed by atoms with E-state index in [0.717, 1.165) is 24.3 Å². The summed E-state index contributed by atoms with van der Waals surface area (Å²) in [5, 5.41) is 10.8. The fraction of sp³-hybridized carbons (Fsp3) is 0.600. The monoisotopic (exact) mass is 293 g/mol. The molecule has 1 saturated carbocycles. The van der Waals surface area contributed by atoms with Crippen LogP contribution >= 0.6 is 0 Å². The number of nitrogens with zero attached hydrogens (tertiary/aromatic N) is 1. The zero-order chi connectivity index (χ0) is 15.2. The number of anilines is 1. The third-order valence-corrected chi connectivity index (χ3v) is 4.21. The van der Waals surface area contributed by atoms with Crippen LogP contribution in [0.15, 0.2) is 18.2 Å². The summed E-state index contributed by atoms with van der Waals surface area (Å²) in [6.07, 6.45) is 6.25. The third-order valence-electron chi connectivity index (χ3n) is 4.21. The Morgan fingerprint density at radius 2 is 2.29 bits per heavy atom. The van der Waals surface area contributed by atoms with Crippen LogP contribution in [0.4, 0.5) is 11.4 Å². The van der Waals surface area contributed by atoms with E-state index in [-0.39, 0.29) is 5.69 Å². The van der Waals surface area contributed by atoms with Crippen molar-refractivity contribution in [2.45, 2.75) is 51.7 Å². The van der Waals surface area contributed by atoms with Gasteiger partial charge in [-0.3, -0.25) is 16.0 Å². The number of nitrogens with two attached hydrogens (primary N) is 1. The summed E-state index contributed by atoms with van der Waals surface area (Å²) in [5.41, 5.74) is 3.56. The highest BCUT2D eigenvalue weighted by atomic mass is 16.6. The second kappa shape index (κ2) is 7.38. The van der Waals surface area contributed by atoms with Crippen molar-refractivity contribution in [2.24, 2.45) is 11.8 Å². The molecule has 3 N–H and O–H groups in total. The molecule has 1 aromatic rings. The highest BCUT2D eigenvalue weighted by Crippen LogP contribution is 2.30. The third kappa shape index (κ3) is 4.15. The number of nitrogen functional groups attached to an aromatic ring is 1. The van der Waals surface area contributed by atoms with Crippen LogP contribution in [0.25, 0.3) is 0 Å². The van der Waals surface area contributed by atoms with Crippen molar-refractivity contribution in [1.82, 2.24) is 0 Å². The highest BCUT2D eigenvalue weighted by molar-refractivity contribution is 5.61. The number of rotatable bonds is 6. The summed E-state index contributed by atoms with van der Waals surface area (Å²) in [4.78, 5) is 10.4. The van der Waals surface area contributed by atoms with Gasteiger partial charge < -0.3 is 10.2 Å². The number of nitrogens with one attached hydrogen (secondary N) is 1. The number of nitro benzene ring substituents is 1. The number of hydrogen-bond donors (Lipinski definition) is 2. The van der Waals surface area contributed by atoms with Crippen LogP contribution in [0.5, 0.6) is 0 Å². The quantitative estimate of drug-likeness (QED) is 0.477. The molecular weight excluding hydrogens is 270 g/mol. The lowest BCUT2D eigenvalue weighted by Crippen LogP contribution is -2.22. The van der Waals surface area contributed by atoms with Crippen LogP contribution < -0.4 is 11.3 Å². The fourth-order valence-corrected chi connectivity index (χ4v) is 2.93. The Bertz CT molecular complexity index is 493. The van der Waals surface area contributed by atoms with E-state index < -0.39 is 4.92 Å².